The second-order valence-electron chi connectivity index (χ2n) is 9.32. The van der Waals surface area contributed by atoms with Crippen LogP contribution in [0.1, 0.15) is 30.4 Å². The van der Waals surface area contributed by atoms with E-state index in [1.54, 1.807) is 34.1 Å². The van der Waals surface area contributed by atoms with Gasteiger partial charge in [0.25, 0.3) is 0 Å². The lowest BCUT2D eigenvalue weighted by Crippen LogP contribution is -2.50. The monoisotopic (exact) mass is 533 g/mol. The van der Waals surface area contributed by atoms with E-state index < -0.39 is 13.3 Å². The zero-order valence-corrected chi connectivity index (χ0v) is 21.2. The van der Waals surface area contributed by atoms with Gasteiger partial charge in [-0.1, -0.05) is 11.6 Å². The number of piperazine rings is 1. The average Bonchev–Trinajstić information content (AvgIpc) is 2.93. The molecule has 0 unspecified atom stereocenters. The van der Waals surface area contributed by atoms with Gasteiger partial charge in [0, 0.05) is 72.8 Å². The maximum atomic E-state index is 13.1. The Kier molecular flexibility index (Phi) is 8.91. The first-order valence-corrected chi connectivity index (χ1v) is 12.7. The van der Waals surface area contributed by atoms with Crippen LogP contribution >= 0.6 is 11.6 Å². The van der Waals surface area contributed by atoms with E-state index in [2.05, 4.69) is 15.4 Å². The molecule has 0 bridgehead atoms. The number of amides is 2. The van der Waals surface area contributed by atoms with Gasteiger partial charge >= 0.3 is 0 Å². The number of hydrogen-bond acceptors (Lipinski definition) is 6. The van der Waals surface area contributed by atoms with Gasteiger partial charge in [-0.15, -0.1) is 4.91 Å². The molecular formula is C26H30ClF2N5O3. The van der Waals surface area contributed by atoms with Crippen LogP contribution < -0.4 is 10.2 Å². The van der Waals surface area contributed by atoms with E-state index in [0.29, 0.717) is 68.4 Å². The van der Waals surface area contributed by atoms with Gasteiger partial charge in [0.2, 0.25) is 11.8 Å². The molecule has 0 atom stereocenters. The van der Waals surface area contributed by atoms with Crippen LogP contribution in [-0.2, 0) is 22.9 Å². The van der Waals surface area contributed by atoms with Crippen molar-refractivity contribution >= 4 is 40.5 Å². The molecule has 8 nitrogen and oxygen atoms in total. The molecule has 4 rings (SSSR count). The molecule has 2 aromatic rings. The summed E-state index contributed by atoms with van der Waals surface area (Å²) >= 11 is 6.00. The Morgan fingerprint density at radius 1 is 0.892 bits per heavy atom. The predicted molar refractivity (Wildman–Crippen MR) is 140 cm³/mol. The normalized spacial score (nSPS) is 16.6. The molecule has 2 aliphatic heterocycles. The van der Waals surface area contributed by atoms with E-state index in [4.69, 9.17) is 11.6 Å². The van der Waals surface area contributed by atoms with Crippen molar-refractivity contribution in [3.63, 3.8) is 0 Å². The number of piperidine rings is 1. The van der Waals surface area contributed by atoms with Crippen LogP contribution in [0.5, 0.6) is 0 Å². The van der Waals surface area contributed by atoms with Gasteiger partial charge in [0.05, 0.1) is 0 Å². The zero-order valence-electron chi connectivity index (χ0n) is 20.5. The van der Waals surface area contributed by atoms with Crippen LogP contribution in [0.15, 0.2) is 41.6 Å². The fourth-order valence-electron chi connectivity index (χ4n) is 4.81. The van der Waals surface area contributed by atoms with Crippen LogP contribution in [-0.4, -0.2) is 66.9 Å². The summed E-state index contributed by atoms with van der Waals surface area (Å²) in [5.74, 6) is -0.370. The number of carbonyl (C=O) groups excluding carboxylic acids is 2. The van der Waals surface area contributed by atoms with Gasteiger partial charge < -0.3 is 20.0 Å². The van der Waals surface area contributed by atoms with Crippen molar-refractivity contribution < 1.29 is 18.4 Å². The number of likely N-dealkylation sites (tertiary alicyclic amines) is 1. The molecular weight excluding hydrogens is 504 g/mol. The number of hydrogen-bond donors (Lipinski definition) is 1. The molecule has 2 heterocycles. The molecule has 2 fully saturated rings. The van der Waals surface area contributed by atoms with Crippen molar-refractivity contribution in [3.8, 4) is 0 Å². The quantitative estimate of drug-likeness (QED) is 0.388. The molecule has 2 saturated heterocycles. The minimum Gasteiger partial charge on any atom is -0.382 e. The highest BCUT2D eigenvalue weighted by atomic mass is 35.5. The van der Waals surface area contributed by atoms with Crippen LogP contribution in [0.2, 0.25) is 5.02 Å². The Hall–Kier alpha value is -3.27. The van der Waals surface area contributed by atoms with Crippen LogP contribution in [0, 0.1) is 4.91 Å². The molecule has 2 amide bonds. The smallest absolute Gasteiger partial charge is 0.232 e. The minimum absolute atomic E-state index is 0.0930. The summed E-state index contributed by atoms with van der Waals surface area (Å²) in [4.78, 5) is 41.8. The van der Waals surface area contributed by atoms with E-state index in [1.807, 2.05) is 6.07 Å². The van der Waals surface area contributed by atoms with Crippen LogP contribution in [0.4, 0.5) is 25.8 Å². The number of anilines is 2. The molecule has 2 aromatic carbocycles. The minimum atomic E-state index is -0.770. The summed E-state index contributed by atoms with van der Waals surface area (Å²) in [6.07, 6.45) is 1.23. The third kappa shape index (κ3) is 6.54. The lowest BCUT2D eigenvalue weighted by atomic mass is 10.0. The van der Waals surface area contributed by atoms with Gasteiger partial charge in [0.15, 0.2) is 0 Å². The van der Waals surface area contributed by atoms with Crippen molar-refractivity contribution in [2.24, 2.45) is 5.18 Å². The second-order valence-corrected chi connectivity index (χ2v) is 9.73. The van der Waals surface area contributed by atoms with Crippen molar-refractivity contribution in [2.45, 2.75) is 38.7 Å². The SMILES string of the molecule is O=Nc1ccc(NC2CCN(C(=O)CC(=O)N3CCN(c4ccc(Cl)c(CF)c4)CC3)CC2)cc1CF. The van der Waals surface area contributed by atoms with E-state index in [9.17, 15) is 23.3 Å². The maximum Gasteiger partial charge on any atom is 0.232 e. The van der Waals surface area contributed by atoms with E-state index in [-0.39, 0.29) is 35.5 Å². The molecule has 37 heavy (non-hydrogen) atoms. The third-order valence-corrected chi connectivity index (χ3v) is 7.38. The summed E-state index contributed by atoms with van der Waals surface area (Å²) in [5, 5.41) is 6.56. The molecule has 0 saturated carbocycles. The van der Waals surface area contributed by atoms with E-state index in [0.717, 1.165) is 5.69 Å². The fraction of sp³-hybridized carbons (Fsp3) is 0.462. The largest absolute Gasteiger partial charge is 0.382 e. The Bertz CT molecular complexity index is 1140. The zero-order chi connectivity index (χ0) is 26.4. The van der Waals surface area contributed by atoms with Crippen molar-refractivity contribution in [1.82, 2.24) is 9.80 Å². The summed E-state index contributed by atoms with van der Waals surface area (Å²) in [6.45, 7) is 1.82. The summed E-state index contributed by atoms with van der Waals surface area (Å²) in [6, 6.07) is 10.1. The summed E-state index contributed by atoms with van der Waals surface area (Å²) in [5.41, 5.74) is 2.35. The lowest BCUT2D eigenvalue weighted by molar-refractivity contribution is -0.141. The highest BCUT2D eigenvalue weighted by Gasteiger charge is 2.28. The molecule has 198 valence electrons. The van der Waals surface area contributed by atoms with E-state index >= 15 is 0 Å². The average molecular weight is 534 g/mol. The highest BCUT2D eigenvalue weighted by molar-refractivity contribution is 6.31. The van der Waals surface area contributed by atoms with Crippen LogP contribution in [0.3, 0.4) is 0 Å². The van der Waals surface area contributed by atoms with Crippen LogP contribution in [0.25, 0.3) is 0 Å². The number of alkyl halides is 2. The Balaban J connectivity index is 1.22. The number of nitrogens with zero attached hydrogens (tertiary/aromatic N) is 4. The highest BCUT2D eigenvalue weighted by Crippen LogP contribution is 2.27. The molecule has 1 N–H and O–H groups in total. The van der Waals surface area contributed by atoms with Gasteiger partial charge in [0.1, 0.15) is 25.5 Å². The molecule has 0 spiro atoms. The van der Waals surface area contributed by atoms with Gasteiger partial charge in [-0.25, -0.2) is 8.78 Å². The lowest BCUT2D eigenvalue weighted by Gasteiger charge is -2.37. The topological polar surface area (TPSA) is 85.3 Å². The Morgan fingerprint density at radius 2 is 1.54 bits per heavy atom. The molecule has 0 aliphatic carbocycles. The Labute approximate surface area is 219 Å². The number of halogens is 3. The maximum absolute atomic E-state index is 13.1. The summed E-state index contributed by atoms with van der Waals surface area (Å²) < 4.78 is 26.3. The molecule has 0 aromatic heterocycles. The first-order valence-electron chi connectivity index (χ1n) is 12.4. The molecule has 0 radical (unpaired) electrons. The van der Waals surface area contributed by atoms with Gasteiger partial charge in [-0.05, 0) is 54.4 Å². The second kappa shape index (κ2) is 12.3. The number of nitroso groups, excluding NO2 is 1. The van der Waals surface area contributed by atoms with Crippen molar-refractivity contribution in [2.75, 3.05) is 49.5 Å². The number of carbonyl (C=O) groups is 2. The number of rotatable bonds is 8. The first kappa shape index (κ1) is 26.8. The Morgan fingerprint density at radius 3 is 2.16 bits per heavy atom. The van der Waals surface area contributed by atoms with Crippen molar-refractivity contribution in [1.29, 1.82) is 0 Å². The first-order chi connectivity index (χ1) is 17.9. The molecule has 2 aliphatic rings. The number of benzene rings is 2. The molecule has 11 heteroatoms. The van der Waals surface area contributed by atoms with Gasteiger partial charge in [-0.2, -0.15) is 0 Å². The summed E-state index contributed by atoms with van der Waals surface area (Å²) in [7, 11) is 0. The standard InChI is InChI=1S/C26H30ClF2N5O3/c27-23-3-2-22(14-18(23)16-28)32-9-11-34(12-10-32)26(36)15-25(35)33-7-5-20(6-8-33)30-21-1-4-24(31-37)19(13-21)17-29/h1-4,13-14,20,30H,5-12,15-17H2. The predicted octanol–water partition coefficient (Wildman–Crippen LogP) is 4.82. The van der Waals surface area contributed by atoms with E-state index in [1.165, 1.54) is 6.07 Å². The van der Waals surface area contributed by atoms with Crippen molar-refractivity contribution in [3.05, 3.63) is 57.5 Å². The third-order valence-electron chi connectivity index (χ3n) is 7.01. The fourth-order valence-corrected chi connectivity index (χ4v) is 4.98. The number of nitrogens with one attached hydrogen (secondary N) is 1. The van der Waals surface area contributed by atoms with Gasteiger partial charge in [-0.3, -0.25) is 9.59 Å².